The zero-order valence-corrected chi connectivity index (χ0v) is 18.4. The maximum absolute atomic E-state index is 13.2. The molecule has 7 nitrogen and oxygen atoms in total. The summed E-state index contributed by atoms with van der Waals surface area (Å²) in [4.78, 5) is 31.7. The standard InChI is InChI=1S/C26H24N2O5/c1-3-15-33-20-9-7-17(8-10-20)23-22(24(29)18-11-13-27-14-12-18)25(30)26(31)28(23)19-5-4-6-21(16-19)32-2/h4-14,16,23,29H,3,15H2,1-2H3/b24-22+. The SMILES string of the molecule is CCCOc1ccc(C2/C(=C(\O)c3ccncc3)C(=O)C(=O)N2c2cccc(OC)c2)cc1. The van der Waals surface area contributed by atoms with E-state index in [1.807, 2.05) is 6.92 Å². The number of anilines is 1. The highest BCUT2D eigenvalue weighted by molar-refractivity contribution is 6.51. The first-order valence-electron chi connectivity index (χ1n) is 10.6. The Morgan fingerprint density at radius 3 is 2.42 bits per heavy atom. The van der Waals surface area contributed by atoms with Crippen LogP contribution in [0.3, 0.4) is 0 Å². The molecule has 1 unspecified atom stereocenters. The van der Waals surface area contributed by atoms with E-state index in [0.29, 0.717) is 34.9 Å². The largest absolute Gasteiger partial charge is 0.507 e. The summed E-state index contributed by atoms with van der Waals surface area (Å²) in [5.74, 6) is -0.505. The van der Waals surface area contributed by atoms with Crippen molar-refractivity contribution in [2.75, 3.05) is 18.6 Å². The number of amides is 1. The average Bonchev–Trinajstić information content (AvgIpc) is 3.13. The number of Topliss-reactive ketones (excluding diaryl/α,β-unsaturated/α-hetero) is 1. The Labute approximate surface area is 191 Å². The van der Waals surface area contributed by atoms with Crippen LogP contribution in [-0.4, -0.2) is 35.5 Å². The van der Waals surface area contributed by atoms with Crippen molar-refractivity contribution in [3.8, 4) is 11.5 Å². The van der Waals surface area contributed by atoms with Gasteiger partial charge in [0.15, 0.2) is 0 Å². The lowest BCUT2D eigenvalue weighted by molar-refractivity contribution is -0.132. The minimum Gasteiger partial charge on any atom is -0.507 e. The first kappa shape index (κ1) is 22.1. The van der Waals surface area contributed by atoms with Crippen LogP contribution in [0, 0.1) is 0 Å². The smallest absolute Gasteiger partial charge is 0.300 e. The molecule has 0 spiro atoms. The number of aromatic nitrogens is 1. The molecule has 33 heavy (non-hydrogen) atoms. The van der Waals surface area contributed by atoms with Gasteiger partial charge in [-0.1, -0.05) is 25.1 Å². The number of aliphatic hydroxyl groups excluding tert-OH is 1. The molecule has 1 amide bonds. The molecule has 168 valence electrons. The second kappa shape index (κ2) is 9.56. The lowest BCUT2D eigenvalue weighted by Gasteiger charge is -2.26. The van der Waals surface area contributed by atoms with Crippen LogP contribution in [0.25, 0.3) is 5.76 Å². The molecule has 3 aromatic rings. The van der Waals surface area contributed by atoms with E-state index in [2.05, 4.69) is 4.98 Å². The predicted octanol–water partition coefficient (Wildman–Crippen LogP) is 4.51. The third-order valence-electron chi connectivity index (χ3n) is 5.40. The van der Waals surface area contributed by atoms with Crippen LogP contribution in [0.4, 0.5) is 5.69 Å². The summed E-state index contributed by atoms with van der Waals surface area (Å²) in [5, 5.41) is 11.1. The van der Waals surface area contributed by atoms with Crippen molar-refractivity contribution in [2.45, 2.75) is 19.4 Å². The maximum atomic E-state index is 13.2. The number of ketones is 1. The fraction of sp³-hybridized carbons (Fsp3) is 0.192. The summed E-state index contributed by atoms with van der Waals surface area (Å²) >= 11 is 0. The van der Waals surface area contributed by atoms with Gasteiger partial charge in [-0.2, -0.15) is 0 Å². The van der Waals surface area contributed by atoms with E-state index in [1.165, 1.54) is 24.4 Å². The van der Waals surface area contributed by atoms with Crippen LogP contribution in [-0.2, 0) is 9.59 Å². The average molecular weight is 444 g/mol. The highest BCUT2D eigenvalue weighted by Crippen LogP contribution is 2.43. The summed E-state index contributed by atoms with van der Waals surface area (Å²) < 4.78 is 11.0. The summed E-state index contributed by atoms with van der Waals surface area (Å²) in [5.41, 5.74) is 1.57. The summed E-state index contributed by atoms with van der Waals surface area (Å²) in [7, 11) is 1.53. The molecule has 1 fully saturated rings. The molecule has 0 radical (unpaired) electrons. The van der Waals surface area contributed by atoms with Gasteiger partial charge in [-0.3, -0.25) is 19.5 Å². The van der Waals surface area contributed by atoms with Crippen molar-refractivity contribution in [3.63, 3.8) is 0 Å². The topological polar surface area (TPSA) is 89.0 Å². The Bertz CT molecular complexity index is 1190. The molecule has 1 aliphatic rings. The molecule has 2 heterocycles. The Morgan fingerprint density at radius 2 is 1.76 bits per heavy atom. The van der Waals surface area contributed by atoms with E-state index < -0.39 is 17.7 Å². The van der Waals surface area contributed by atoms with Crippen LogP contribution in [0.1, 0.15) is 30.5 Å². The lowest BCUT2D eigenvalue weighted by Crippen LogP contribution is -2.29. The molecule has 1 N–H and O–H groups in total. The number of aliphatic hydroxyl groups is 1. The minimum absolute atomic E-state index is 0.0104. The fourth-order valence-electron chi connectivity index (χ4n) is 3.81. The van der Waals surface area contributed by atoms with Crippen LogP contribution >= 0.6 is 0 Å². The van der Waals surface area contributed by atoms with Gasteiger partial charge in [-0.15, -0.1) is 0 Å². The first-order chi connectivity index (χ1) is 16.0. The van der Waals surface area contributed by atoms with Gasteiger partial charge in [0.05, 0.1) is 25.3 Å². The van der Waals surface area contributed by atoms with Crippen molar-refractivity contribution >= 4 is 23.1 Å². The third-order valence-corrected chi connectivity index (χ3v) is 5.40. The van der Waals surface area contributed by atoms with Crippen molar-refractivity contribution in [3.05, 3.63) is 89.8 Å². The highest BCUT2D eigenvalue weighted by Gasteiger charge is 2.47. The quantitative estimate of drug-likeness (QED) is 0.328. The van der Waals surface area contributed by atoms with Gasteiger partial charge >= 0.3 is 0 Å². The monoisotopic (exact) mass is 444 g/mol. The maximum Gasteiger partial charge on any atom is 0.300 e. The van der Waals surface area contributed by atoms with Crippen molar-refractivity contribution in [2.24, 2.45) is 0 Å². The first-order valence-corrected chi connectivity index (χ1v) is 10.6. The van der Waals surface area contributed by atoms with Crippen molar-refractivity contribution < 1.29 is 24.2 Å². The van der Waals surface area contributed by atoms with Gasteiger partial charge in [0, 0.05) is 29.7 Å². The fourth-order valence-corrected chi connectivity index (χ4v) is 3.81. The number of carbonyl (C=O) groups excluding carboxylic acids is 2. The Balaban J connectivity index is 1.87. The number of rotatable bonds is 7. The van der Waals surface area contributed by atoms with Gasteiger partial charge in [-0.25, -0.2) is 0 Å². The molecule has 4 rings (SSSR count). The molecular weight excluding hydrogens is 420 g/mol. The molecule has 1 aliphatic heterocycles. The van der Waals surface area contributed by atoms with E-state index in [-0.39, 0.29) is 11.3 Å². The number of pyridine rings is 1. The van der Waals surface area contributed by atoms with E-state index >= 15 is 0 Å². The summed E-state index contributed by atoms with van der Waals surface area (Å²) in [6.07, 6.45) is 3.91. The zero-order valence-electron chi connectivity index (χ0n) is 18.4. The molecule has 7 heteroatoms. The lowest BCUT2D eigenvalue weighted by atomic mass is 9.95. The van der Waals surface area contributed by atoms with Crippen LogP contribution in [0.15, 0.2) is 78.6 Å². The molecule has 1 saturated heterocycles. The molecule has 0 saturated carbocycles. The zero-order chi connectivity index (χ0) is 23.4. The number of methoxy groups -OCH3 is 1. The highest BCUT2D eigenvalue weighted by atomic mass is 16.5. The predicted molar refractivity (Wildman–Crippen MR) is 124 cm³/mol. The number of hydrogen-bond donors (Lipinski definition) is 1. The van der Waals surface area contributed by atoms with Crippen LogP contribution in [0.2, 0.25) is 0 Å². The van der Waals surface area contributed by atoms with Crippen molar-refractivity contribution in [1.82, 2.24) is 4.98 Å². The van der Waals surface area contributed by atoms with Gasteiger partial charge in [-0.05, 0) is 48.4 Å². The molecule has 1 aromatic heterocycles. The number of carbonyl (C=O) groups is 2. The van der Waals surface area contributed by atoms with Gasteiger partial charge < -0.3 is 14.6 Å². The second-order valence-electron chi connectivity index (χ2n) is 7.52. The van der Waals surface area contributed by atoms with E-state index in [0.717, 1.165) is 6.42 Å². The number of nitrogens with zero attached hydrogens (tertiary/aromatic N) is 2. The summed E-state index contributed by atoms with van der Waals surface area (Å²) in [6, 6.07) is 16.5. The van der Waals surface area contributed by atoms with Gasteiger partial charge in [0.25, 0.3) is 11.7 Å². The van der Waals surface area contributed by atoms with E-state index in [9.17, 15) is 14.7 Å². The number of benzene rings is 2. The van der Waals surface area contributed by atoms with Gasteiger partial charge in [0.1, 0.15) is 17.3 Å². The molecule has 0 bridgehead atoms. The number of hydrogen-bond acceptors (Lipinski definition) is 6. The summed E-state index contributed by atoms with van der Waals surface area (Å²) in [6.45, 7) is 2.61. The number of ether oxygens (including phenoxy) is 2. The minimum atomic E-state index is -0.828. The normalized spacial score (nSPS) is 17.3. The van der Waals surface area contributed by atoms with E-state index in [4.69, 9.17) is 9.47 Å². The molecule has 0 aliphatic carbocycles. The Hall–Kier alpha value is -4.13. The molecular formula is C26H24N2O5. The Kier molecular flexibility index (Phi) is 6.40. The van der Waals surface area contributed by atoms with Gasteiger partial charge in [0.2, 0.25) is 0 Å². The Morgan fingerprint density at radius 1 is 1.03 bits per heavy atom. The van der Waals surface area contributed by atoms with Crippen LogP contribution in [0.5, 0.6) is 11.5 Å². The van der Waals surface area contributed by atoms with Crippen molar-refractivity contribution in [1.29, 1.82) is 0 Å². The second-order valence-corrected chi connectivity index (χ2v) is 7.52. The molecule has 2 aromatic carbocycles. The van der Waals surface area contributed by atoms with E-state index in [1.54, 1.807) is 60.7 Å². The van der Waals surface area contributed by atoms with Crippen LogP contribution < -0.4 is 14.4 Å². The molecule has 1 atom stereocenters. The third kappa shape index (κ3) is 4.30.